The minimum Gasteiger partial charge on any atom is -0.504 e. The SMILES string of the molecule is NC(=O)C(=Cc1ccc(O)c(O)c1)CCc1ccc(Cl)cc1. The number of nitrogens with two attached hydrogens (primary N) is 1. The number of amides is 1. The minimum atomic E-state index is -0.512. The Labute approximate surface area is 133 Å². The molecule has 4 N–H and O–H groups in total. The van der Waals surface area contributed by atoms with Gasteiger partial charge in [0.25, 0.3) is 0 Å². The van der Waals surface area contributed by atoms with Gasteiger partial charge < -0.3 is 15.9 Å². The van der Waals surface area contributed by atoms with Crippen LogP contribution >= 0.6 is 11.6 Å². The molecule has 5 heteroatoms. The van der Waals surface area contributed by atoms with Crippen molar-refractivity contribution in [2.45, 2.75) is 12.8 Å². The molecule has 0 aromatic heterocycles. The summed E-state index contributed by atoms with van der Waals surface area (Å²) < 4.78 is 0. The van der Waals surface area contributed by atoms with Crippen LogP contribution < -0.4 is 5.73 Å². The van der Waals surface area contributed by atoms with Crippen molar-refractivity contribution in [3.63, 3.8) is 0 Å². The van der Waals surface area contributed by atoms with Crippen LogP contribution in [-0.4, -0.2) is 16.1 Å². The summed E-state index contributed by atoms with van der Waals surface area (Å²) in [7, 11) is 0. The molecule has 0 atom stereocenters. The van der Waals surface area contributed by atoms with Gasteiger partial charge in [-0.3, -0.25) is 4.79 Å². The Morgan fingerprint density at radius 1 is 1.09 bits per heavy atom. The molecule has 0 spiro atoms. The number of aromatic hydroxyl groups is 2. The van der Waals surface area contributed by atoms with Crippen LogP contribution in [0.2, 0.25) is 5.02 Å². The summed E-state index contributed by atoms with van der Waals surface area (Å²) in [4.78, 5) is 11.6. The number of hydrogen-bond donors (Lipinski definition) is 3. The maximum absolute atomic E-state index is 11.6. The highest BCUT2D eigenvalue weighted by Crippen LogP contribution is 2.26. The van der Waals surface area contributed by atoms with Crippen molar-refractivity contribution in [2.24, 2.45) is 5.73 Å². The Morgan fingerprint density at radius 3 is 2.36 bits per heavy atom. The van der Waals surface area contributed by atoms with E-state index in [9.17, 15) is 15.0 Å². The van der Waals surface area contributed by atoms with Gasteiger partial charge in [-0.05, 0) is 54.3 Å². The first kappa shape index (κ1) is 15.9. The highest BCUT2D eigenvalue weighted by Gasteiger charge is 2.07. The molecule has 0 fully saturated rings. The van der Waals surface area contributed by atoms with Gasteiger partial charge in [0.2, 0.25) is 5.91 Å². The van der Waals surface area contributed by atoms with Crippen LogP contribution in [0.4, 0.5) is 0 Å². The number of carbonyl (C=O) groups excluding carboxylic acids is 1. The standard InChI is InChI=1S/C17H16ClNO3/c18-14-6-2-11(3-7-14)1-5-13(17(19)22)9-12-4-8-15(20)16(21)10-12/h2-4,6-10,20-21H,1,5H2,(H2,19,22). The number of phenols is 2. The fraction of sp³-hybridized carbons (Fsp3) is 0.118. The summed E-state index contributed by atoms with van der Waals surface area (Å²) in [5, 5.41) is 19.4. The Bertz CT molecular complexity index is 708. The number of halogens is 1. The molecular formula is C17H16ClNO3. The summed E-state index contributed by atoms with van der Waals surface area (Å²) in [6.45, 7) is 0. The van der Waals surface area contributed by atoms with Gasteiger partial charge >= 0.3 is 0 Å². The molecule has 0 aliphatic heterocycles. The van der Waals surface area contributed by atoms with Crippen LogP contribution in [0.3, 0.4) is 0 Å². The molecule has 0 aliphatic carbocycles. The fourth-order valence-electron chi connectivity index (χ4n) is 2.03. The van der Waals surface area contributed by atoms with Gasteiger partial charge in [-0.2, -0.15) is 0 Å². The quantitative estimate of drug-likeness (QED) is 0.584. The molecule has 22 heavy (non-hydrogen) atoms. The molecule has 2 aromatic carbocycles. The smallest absolute Gasteiger partial charge is 0.244 e. The van der Waals surface area contributed by atoms with Gasteiger partial charge in [0, 0.05) is 10.6 Å². The summed E-state index contributed by atoms with van der Waals surface area (Å²) in [5.74, 6) is -0.962. The molecule has 0 saturated carbocycles. The predicted molar refractivity (Wildman–Crippen MR) is 86.7 cm³/mol. The van der Waals surface area contributed by atoms with Crippen molar-refractivity contribution >= 4 is 23.6 Å². The van der Waals surface area contributed by atoms with E-state index in [2.05, 4.69) is 0 Å². The Kier molecular flexibility index (Phi) is 5.07. The zero-order chi connectivity index (χ0) is 16.1. The fourth-order valence-corrected chi connectivity index (χ4v) is 2.15. The maximum atomic E-state index is 11.6. The van der Waals surface area contributed by atoms with E-state index < -0.39 is 5.91 Å². The second-order valence-electron chi connectivity index (χ2n) is 4.91. The molecule has 0 bridgehead atoms. The number of primary amides is 1. The lowest BCUT2D eigenvalue weighted by molar-refractivity contribution is -0.114. The van der Waals surface area contributed by atoms with Crippen molar-refractivity contribution in [2.75, 3.05) is 0 Å². The highest BCUT2D eigenvalue weighted by molar-refractivity contribution is 6.30. The van der Waals surface area contributed by atoms with Crippen LogP contribution in [-0.2, 0) is 11.2 Å². The third-order valence-corrected chi connectivity index (χ3v) is 3.51. The monoisotopic (exact) mass is 317 g/mol. The largest absolute Gasteiger partial charge is 0.504 e. The Morgan fingerprint density at radius 2 is 1.77 bits per heavy atom. The van der Waals surface area contributed by atoms with E-state index in [0.717, 1.165) is 5.56 Å². The second kappa shape index (κ2) is 7.00. The first-order chi connectivity index (χ1) is 10.5. The number of phenolic OH excluding ortho intramolecular Hbond substituents is 2. The van der Waals surface area contributed by atoms with E-state index in [0.29, 0.717) is 29.0 Å². The Balaban J connectivity index is 2.15. The van der Waals surface area contributed by atoms with Gasteiger partial charge in [-0.25, -0.2) is 0 Å². The summed E-state index contributed by atoms with van der Waals surface area (Å²) in [5.41, 5.74) is 7.49. The van der Waals surface area contributed by atoms with Crippen molar-refractivity contribution < 1.29 is 15.0 Å². The lowest BCUT2D eigenvalue weighted by atomic mass is 10.0. The molecule has 114 valence electrons. The summed E-state index contributed by atoms with van der Waals surface area (Å²) in [6, 6.07) is 11.7. The van der Waals surface area contributed by atoms with E-state index >= 15 is 0 Å². The molecule has 4 nitrogen and oxygen atoms in total. The molecule has 0 unspecified atom stereocenters. The van der Waals surface area contributed by atoms with Crippen LogP contribution in [0.15, 0.2) is 48.0 Å². The van der Waals surface area contributed by atoms with Gasteiger partial charge in [0.15, 0.2) is 11.5 Å². The lowest BCUT2D eigenvalue weighted by Crippen LogP contribution is -2.14. The van der Waals surface area contributed by atoms with Crippen LogP contribution in [0.1, 0.15) is 17.5 Å². The summed E-state index contributed by atoms with van der Waals surface area (Å²) in [6.07, 6.45) is 2.73. The lowest BCUT2D eigenvalue weighted by Gasteiger charge is -2.05. The molecule has 2 rings (SSSR count). The van der Waals surface area contributed by atoms with Gasteiger partial charge in [0.05, 0.1) is 0 Å². The molecule has 1 amide bonds. The number of carbonyl (C=O) groups is 1. The molecule has 0 aliphatic rings. The third kappa shape index (κ3) is 4.27. The topological polar surface area (TPSA) is 83.6 Å². The number of benzene rings is 2. The predicted octanol–water partition coefficient (Wildman–Crippen LogP) is 3.25. The number of rotatable bonds is 5. The average Bonchev–Trinajstić information content (AvgIpc) is 2.48. The molecule has 2 aromatic rings. The van der Waals surface area contributed by atoms with E-state index in [-0.39, 0.29) is 11.5 Å². The van der Waals surface area contributed by atoms with E-state index in [1.807, 2.05) is 12.1 Å². The van der Waals surface area contributed by atoms with E-state index in [1.165, 1.54) is 12.1 Å². The second-order valence-corrected chi connectivity index (χ2v) is 5.34. The van der Waals surface area contributed by atoms with Crippen molar-refractivity contribution in [3.05, 3.63) is 64.2 Å². The average molecular weight is 318 g/mol. The van der Waals surface area contributed by atoms with Crippen LogP contribution in [0.5, 0.6) is 11.5 Å². The first-order valence-corrected chi connectivity index (χ1v) is 7.10. The van der Waals surface area contributed by atoms with Crippen molar-refractivity contribution in [3.8, 4) is 11.5 Å². The first-order valence-electron chi connectivity index (χ1n) is 6.72. The molecular weight excluding hydrogens is 302 g/mol. The number of aryl methyl sites for hydroxylation is 1. The zero-order valence-corrected chi connectivity index (χ0v) is 12.5. The van der Waals surface area contributed by atoms with Gasteiger partial charge in [-0.1, -0.05) is 29.8 Å². The van der Waals surface area contributed by atoms with Crippen LogP contribution in [0, 0.1) is 0 Å². The van der Waals surface area contributed by atoms with Gasteiger partial charge in [0.1, 0.15) is 0 Å². The van der Waals surface area contributed by atoms with Crippen LogP contribution in [0.25, 0.3) is 6.08 Å². The van der Waals surface area contributed by atoms with E-state index in [1.54, 1.807) is 24.3 Å². The highest BCUT2D eigenvalue weighted by atomic mass is 35.5. The molecule has 0 heterocycles. The normalized spacial score (nSPS) is 11.4. The Hall–Kier alpha value is -2.46. The van der Waals surface area contributed by atoms with Crippen molar-refractivity contribution in [1.82, 2.24) is 0 Å². The number of hydrogen-bond acceptors (Lipinski definition) is 3. The zero-order valence-electron chi connectivity index (χ0n) is 11.8. The molecule has 0 saturated heterocycles. The summed E-state index contributed by atoms with van der Waals surface area (Å²) >= 11 is 5.83. The van der Waals surface area contributed by atoms with Gasteiger partial charge in [-0.15, -0.1) is 0 Å². The van der Waals surface area contributed by atoms with Crippen molar-refractivity contribution in [1.29, 1.82) is 0 Å². The third-order valence-electron chi connectivity index (χ3n) is 3.25. The molecule has 0 radical (unpaired) electrons. The minimum absolute atomic E-state index is 0.209. The maximum Gasteiger partial charge on any atom is 0.244 e. The van der Waals surface area contributed by atoms with E-state index in [4.69, 9.17) is 17.3 Å².